The van der Waals surface area contributed by atoms with Crippen molar-refractivity contribution in [2.45, 2.75) is 96.0 Å². The molecule has 17 heteroatoms. The van der Waals surface area contributed by atoms with Crippen LogP contribution in [0.25, 0.3) is 0 Å². The number of anilines is 1. The number of methoxy groups -OCH3 is 1. The standard InChI is InChI=1S/C44H65N9O8/c1-28-27-53(23-20-33(28)41(45)57)39(56)19-18-37(54)48-26-38(55)51-35(13-8-21-46-3)44(60)50-32-16-14-31(15-17-32)25-49-43(59)36(24-30-10-6-5-7-11-30)52-42(58)29(2)40(61-4)34-12-9-22-47-34/h5-7,10-11,14-17,28-29,33-36,40,46-47H,8-9,12-13,18-27H2,1-4H3,(H2,45,57)(H,48,54)(H,49,59)(H,50,60)(H,51,55)(H,52,58). The number of nitrogens with one attached hydrogen (secondary N) is 7. The lowest BCUT2D eigenvalue weighted by Gasteiger charge is -2.35. The van der Waals surface area contributed by atoms with Crippen molar-refractivity contribution in [1.82, 2.24) is 36.8 Å². The van der Waals surface area contributed by atoms with Crippen LogP contribution in [0, 0.1) is 17.8 Å². The van der Waals surface area contributed by atoms with Crippen LogP contribution in [0.3, 0.4) is 0 Å². The fourth-order valence-corrected chi connectivity index (χ4v) is 7.91. The van der Waals surface area contributed by atoms with Crippen molar-refractivity contribution in [3.8, 4) is 0 Å². The van der Waals surface area contributed by atoms with E-state index in [4.69, 9.17) is 10.5 Å². The summed E-state index contributed by atoms with van der Waals surface area (Å²) in [7, 11) is 3.39. The van der Waals surface area contributed by atoms with E-state index >= 15 is 0 Å². The Labute approximate surface area is 358 Å². The van der Waals surface area contributed by atoms with Crippen molar-refractivity contribution in [2.24, 2.45) is 23.5 Å². The highest BCUT2D eigenvalue weighted by Gasteiger charge is 2.35. The number of piperidine rings is 1. The first kappa shape index (κ1) is 48.3. The van der Waals surface area contributed by atoms with Crippen molar-refractivity contribution in [1.29, 1.82) is 0 Å². The minimum absolute atomic E-state index is 0.0395. The number of primary amides is 1. The molecule has 0 radical (unpaired) electrons. The van der Waals surface area contributed by atoms with Crippen LogP contribution in [0.4, 0.5) is 5.69 Å². The molecule has 2 fully saturated rings. The second kappa shape index (κ2) is 24.8. The summed E-state index contributed by atoms with van der Waals surface area (Å²) >= 11 is 0. The van der Waals surface area contributed by atoms with Gasteiger partial charge in [0.15, 0.2) is 0 Å². The molecule has 7 unspecified atom stereocenters. The number of nitrogens with zero attached hydrogens (tertiary/aromatic N) is 1. The maximum absolute atomic E-state index is 13.6. The zero-order valence-electron chi connectivity index (χ0n) is 35.9. The number of likely N-dealkylation sites (tertiary alicyclic amines) is 1. The third-order valence-electron chi connectivity index (χ3n) is 11.5. The molecule has 0 bridgehead atoms. The lowest BCUT2D eigenvalue weighted by atomic mass is 9.86. The molecule has 0 spiro atoms. The lowest BCUT2D eigenvalue weighted by molar-refractivity contribution is -0.138. The number of rotatable bonds is 23. The third-order valence-corrected chi connectivity index (χ3v) is 11.5. The van der Waals surface area contributed by atoms with E-state index in [2.05, 4.69) is 37.2 Å². The average Bonchev–Trinajstić information content (AvgIpc) is 3.79. The SMILES string of the molecule is CNCCCC(NC(=O)CNC(=O)CCC(=O)N1CCC(C(N)=O)C(C)C1)C(=O)Nc1ccc(CNC(=O)C(Cc2ccccc2)NC(=O)C(C)C(OC)C2CCCN2)cc1. The van der Waals surface area contributed by atoms with Crippen LogP contribution in [0.5, 0.6) is 0 Å². The summed E-state index contributed by atoms with van der Waals surface area (Å²) in [6.07, 6.45) is 3.15. The molecule has 0 aromatic heterocycles. The molecule has 2 saturated heterocycles. The summed E-state index contributed by atoms with van der Waals surface area (Å²) in [6.45, 7) is 5.77. The molecular weight excluding hydrogens is 783 g/mol. The number of nitrogens with two attached hydrogens (primary N) is 1. The molecule has 9 N–H and O–H groups in total. The summed E-state index contributed by atoms with van der Waals surface area (Å²) in [5, 5.41) is 20.4. The van der Waals surface area contributed by atoms with Gasteiger partial charge in [0, 0.05) is 63.7 Å². The second-order valence-electron chi connectivity index (χ2n) is 16.1. The Morgan fingerprint density at radius 1 is 0.869 bits per heavy atom. The van der Waals surface area contributed by atoms with Gasteiger partial charge in [-0.2, -0.15) is 0 Å². The van der Waals surface area contributed by atoms with Crippen LogP contribution in [0.2, 0.25) is 0 Å². The highest BCUT2D eigenvalue weighted by Crippen LogP contribution is 2.24. The van der Waals surface area contributed by atoms with E-state index in [0.717, 1.165) is 30.5 Å². The van der Waals surface area contributed by atoms with Gasteiger partial charge in [-0.05, 0) is 81.4 Å². The summed E-state index contributed by atoms with van der Waals surface area (Å²) < 4.78 is 5.72. The van der Waals surface area contributed by atoms with Crippen LogP contribution in [0.15, 0.2) is 54.6 Å². The fraction of sp³-hybridized carbons (Fsp3) is 0.568. The van der Waals surface area contributed by atoms with Crippen molar-refractivity contribution >= 4 is 47.0 Å². The van der Waals surface area contributed by atoms with E-state index < -0.39 is 35.7 Å². The first-order chi connectivity index (χ1) is 29.3. The van der Waals surface area contributed by atoms with Gasteiger partial charge in [0.05, 0.1) is 18.6 Å². The molecular formula is C44H65N9O8. The van der Waals surface area contributed by atoms with Gasteiger partial charge in [0.2, 0.25) is 41.4 Å². The first-order valence-corrected chi connectivity index (χ1v) is 21.3. The monoisotopic (exact) mass is 847 g/mol. The molecule has 7 amide bonds. The Balaban J connectivity index is 1.26. The summed E-state index contributed by atoms with van der Waals surface area (Å²) in [5.41, 5.74) is 7.59. The number of ether oxygens (including phenoxy) is 1. The Bertz CT molecular complexity index is 1770. The zero-order valence-corrected chi connectivity index (χ0v) is 35.9. The van der Waals surface area contributed by atoms with E-state index in [-0.39, 0.29) is 73.5 Å². The predicted molar refractivity (Wildman–Crippen MR) is 230 cm³/mol. The highest BCUT2D eigenvalue weighted by atomic mass is 16.5. The van der Waals surface area contributed by atoms with Crippen LogP contribution in [-0.2, 0) is 51.3 Å². The topological polar surface area (TPSA) is 242 Å². The van der Waals surface area contributed by atoms with Gasteiger partial charge in [-0.1, -0.05) is 56.3 Å². The molecule has 61 heavy (non-hydrogen) atoms. The van der Waals surface area contributed by atoms with E-state index in [1.54, 1.807) is 43.3 Å². The number of carbonyl (C=O) groups excluding carboxylic acids is 7. The fourth-order valence-electron chi connectivity index (χ4n) is 7.91. The maximum Gasteiger partial charge on any atom is 0.246 e. The molecule has 2 aliphatic heterocycles. The van der Waals surface area contributed by atoms with Gasteiger partial charge in [-0.25, -0.2) is 0 Å². The molecule has 334 valence electrons. The van der Waals surface area contributed by atoms with Crippen LogP contribution < -0.4 is 43.0 Å². The minimum Gasteiger partial charge on any atom is -0.379 e. The first-order valence-electron chi connectivity index (χ1n) is 21.3. The average molecular weight is 848 g/mol. The highest BCUT2D eigenvalue weighted by molar-refractivity contribution is 5.98. The van der Waals surface area contributed by atoms with E-state index in [1.165, 1.54) is 0 Å². The Morgan fingerprint density at radius 2 is 1.61 bits per heavy atom. The van der Waals surface area contributed by atoms with Crippen molar-refractivity contribution in [3.05, 3.63) is 65.7 Å². The maximum atomic E-state index is 13.6. The van der Waals surface area contributed by atoms with Crippen LogP contribution in [0.1, 0.15) is 69.9 Å². The predicted octanol–water partition coefficient (Wildman–Crippen LogP) is 0.723. The smallest absolute Gasteiger partial charge is 0.246 e. The van der Waals surface area contributed by atoms with Gasteiger partial charge >= 0.3 is 0 Å². The summed E-state index contributed by atoms with van der Waals surface area (Å²) in [6, 6.07) is 14.7. The molecule has 2 aliphatic rings. The number of benzene rings is 2. The second-order valence-corrected chi connectivity index (χ2v) is 16.1. The van der Waals surface area contributed by atoms with Gasteiger partial charge < -0.3 is 52.6 Å². The van der Waals surface area contributed by atoms with Gasteiger partial charge in [0.1, 0.15) is 12.1 Å². The molecule has 7 atom stereocenters. The number of amides is 7. The van der Waals surface area contributed by atoms with Crippen molar-refractivity contribution in [3.63, 3.8) is 0 Å². The molecule has 2 heterocycles. The van der Waals surface area contributed by atoms with Crippen molar-refractivity contribution in [2.75, 3.05) is 52.2 Å². The molecule has 0 aliphatic carbocycles. The largest absolute Gasteiger partial charge is 0.379 e. The number of hydrogen-bond acceptors (Lipinski definition) is 10. The quantitative estimate of drug-likeness (QED) is 0.0730. The Morgan fingerprint density at radius 3 is 2.25 bits per heavy atom. The normalized spacial score (nSPS) is 19.4. The third kappa shape index (κ3) is 15.5. The minimum atomic E-state index is -0.892. The summed E-state index contributed by atoms with van der Waals surface area (Å²) in [4.78, 5) is 91.7. The molecule has 0 saturated carbocycles. The molecule has 2 aromatic carbocycles. The van der Waals surface area contributed by atoms with Crippen LogP contribution >= 0.6 is 0 Å². The van der Waals surface area contributed by atoms with Crippen molar-refractivity contribution < 1.29 is 38.3 Å². The van der Waals surface area contributed by atoms with E-state index in [0.29, 0.717) is 51.0 Å². The summed E-state index contributed by atoms with van der Waals surface area (Å²) in [5.74, 6) is -3.50. The number of hydrogen-bond donors (Lipinski definition) is 8. The lowest BCUT2D eigenvalue weighted by Crippen LogP contribution is -2.52. The van der Waals surface area contributed by atoms with E-state index in [9.17, 15) is 33.6 Å². The molecule has 17 nitrogen and oxygen atoms in total. The van der Waals surface area contributed by atoms with E-state index in [1.807, 2.05) is 44.2 Å². The molecule has 2 aromatic rings. The van der Waals surface area contributed by atoms with Crippen LogP contribution in [-0.4, -0.2) is 117 Å². The zero-order chi connectivity index (χ0) is 44.3. The van der Waals surface area contributed by atoms with Gasteiger partial charge in [0.25, 0.3) is 0 Å². The molecule has 4 rings (SSSR count). The number of carbonyl (C=O) groups is 7. The Kier molecular flexibility index (Phi) is 19.6. The van der Waals surface area contributed by atoms with Gasteiger partial charge in [-0.3, -0.25) is 33.6 Å². The Hall–Kier alpha value is -5.39. The van der Waals surface area contributed by atoms with Gasteiger partial charge in [-0.15, -0.1) is 0 Å².